The fraction of sp³-hybridized carbons (Fsp3) is 0.385. The third-order valence-electron chi connectivity index (χ3n) is 4.86. The topological polar surface area (TPSA) is 151 Å². The molecule has 41 heavy (non-hydrogen) atoms. The summed E-state index contributed by atoms with van der Waals surface area (Å²) >= 11 is 0. The average Bonchev–Trinajstić information content (AvgIpc) is 2.89. The van der Waals surface area contributed by atoms with Crippen molar-refractivity contribution >= 4 is 30.9 Å². The molecule has 1 aromatic carbocycles. The molecule has 0 saturated carbocycles. The van der Waals surface area contributed by atoms with Crippen LogP contribution >= 0.6 is 7.60 Å². The minimum atomic E-state index is -4.17. The molecular weight excluding hydrogens is 566 g/mol. The fourth-order valence-corrected chi connectivity index (χ4v) is 4.48. The van der Waals surface area contributed by atoms with Crippen LogP contribution in [0.5, 0.6) is 17.4 Å². The predicted octanol–water partition coefficient (Wildman–Crippen LogP) is 6.33. The summed E-state index contributed by atoms with van der Waals surface area (Å²) in [5.74, 6) is -0.261. The average molecular weight is 597 g/mol. The van der Waals surface area contributed by atoms with Crippen molar-refractivity contribution < 1.29 is 56.0 Å². The molecule has 0 N–H and O–H groups in total. The number of hydrogen-bond acceptors (Lipinski definition) is 13. The molecule has 0 aliphatic heterocycles. The van der Waals surface area contributed by atoms with E-state index in [1.54, 1.807) is 45.9 Å². The van der Waals surface area contributed by atoms with Crippen LogP contribution in [0.25, 0.3) is 11.0 Å². The summed E-state index contributed by atoms with van der Waals surface area (Å²) in [5.41, 5.74) is 0.520. The van der Waals surface area contributed by atoms with Crippen molar-refractivity contribution in [3.63, 3.8) is 0 Å². The van der Waals surface area contributed by atoms with Crippen molar-refractivity contribution in [2.45, 2.75) is 46.1 Å². The third kappa shape index (κ3) is 9.85. The van der Waals surface area contributed by atoms with Crippen LogP contribution in [-0.2, 0) is 38.7 Å². The second kappa shape index (κ2) is 14.6. The van der Waals surface area contributed by atoms with Gasteiger partial charge in [0.15, 0.2) is 17.2 Å². The molecule has 222 valence electrons. The molecule has 0 spiro atoms. The lowest BCUT2D eigenvalue weighted by molar-refractivity contribution is -0.0304. The lowest BCUT2D eigenvalue weighted by atomic mass is 10.2. The highest BCUT2D eigenvalue weighted by atomic mass is 31.2. The molecule has 0 aliphatic carbocycles. The normalized spacial score (nSPS) is 11.4. The van der Waals surface area contributed by atoms with E-state index in [0.29, 0.717) is 22.7 Å². The van der Waals surface area contributed by atoms with Gasteiger partial charge < -0.3 is 28.4 Å². The van der Waals surface area contributed by atoms with Gasteiger partial charge >= 0.3 is 19.9 Å². The number of fused-ring (bicyclic) bond motifs is 1. The Labute approximate surface area is 235 Å². The summed E-state index contributed by atoms with van der Waals surface area (Å²) < 4.78 is 68.8. The highest BCUT2D eigenvalue weighted by Gasteiger charge is 2.28. The van der Waals surface area contributed by atoms with Gasteiger partial charge in [-0.3, -0.25) is 13.6 Å². The summed E-state index contributed by atoms with van der Waals surface area (Å²) in [6.07, 6.45) is -2.06. The minimum absolute atomic E-state index is 0.131. The molecule has 0 bridgehead atoms. The van der Waals surface area contributed by atoms with Gasteiger partial charge in [0.05, 0.1) is 30.9 Å². The van der Waals surface area contributed by atoms with Gasteiger partial charge in [-0.2, -0.15) is 4.98 Å². The van der Waals surface area contributed by atoms with Crippen molar-refractivity contribution in [1.82, 2.24) is 9.97 Å². The second-order valence-corrected chi connectivity index (χ2v) is 10.8. The lowest BCUT2D eigenvalue weighted by Crippen LogP contribution is -2.16. The molecule has 15 heteroatoms. The number of pyridine rings is 2. The Morgan fingerprint density at radius 3 is 2.10 bits per heavy atom. The number of carbonyl (C=O) groups excluding carboxylic acids is 2. The van der Waals surface area contributed by atoms with Crippen molar-refractivity contribution in [2.75, 3.05) is 20.7 Å². The summed E-state index contributed by atoms with van der Waals surface area (Å²) in [6, 6.07) is 8.68. The van der Waals surface area contributed by atoms with Gasteiger partial charge in [-0.05, 0) is 57.5 Å². The first-order chi connectivity index (χ1) is 19.5. The Kier molecular flexibility index (Phi) is 11.2. The zero-order valence-electron chi connectivity index (χ0n) is 23.0. The van der Waals surface area contributed by atoms with Gasteiger partial charge in [-0.25, -0.2) is 19.0 Å². The highest BCUT2D eigenvalue weighted by molar-refractivity contribution is 7.53. The van der Waals surface area contributed by atoms with Crippen LogP contribution in [-0.4, -0.2) is 55.2 Å². The summed E-state index contributed by atoms with van der Waals surface area (Å²) in [4.78, 5) is 31.7. The molecular formula is C26H30FN2O11P. The number of benzene rings is 1. The predicted molar refractivity (Wildman–Crippen MR) is 141 cm³/mol. The maximum Gasteiger partial charge on any atom is 0.510 e. The quantitative estimate of drug-likeness (QED) is 0.123. The molecule has 0 atom stereocenters. The van der Waals surface area contributed by atoms with Crippen molar-refractivity contribution in [3.05, 3.63) is 54.0 Å². The maximum atomic E-state index is 15.1. The first-order valence-electron chi connectivity index (χ1n) is 12.3. The number of rotatable bonds is 13. The molecule has 2 heterocycles. The fourth-order valence-electron chi connectivity index (χ4n) is 3.15. The van der Waals surface area contributed by atoms with Crippen molar-refractivity contribution in [3.8, 4) is 17.4 Å². The van der Waals surface area contributed by atoms with E-state index < -0.39 is 57.7 Å². The van der Waals surface area contributed by atoms with E-state index >= 15 is 4.39 Å². The number of carbonyl (C=O) groups is 2. The molecule has 3 rings (SSSR count). The Morgan fingerprint density at radius 2 is 1.54 bits per heavy atom. The minimum Gasteiger partial charge on any atom is -0.481 e. The van der Waals surface area contributed by atoms with E-state index in [0.717, 1.165) is 6.07 Å². The van der Waals surface area contributed by atoms with Crippen LogP contribution < -0.4 is 9.47 Å². The summed E-state index contributed by atoms with van der Waals surface area (Å²) in [7, 11) is -2.69. The molecule has 0 fully saturated rings. The zero-order valence-corrected chi connectivity index (χ0v) is 23.9. The Hall–Kier alpha value is -4.00. The maximum absolute atomic E-state index is 15.1. The number of methoxy groups -OCH3 is 1. The van der Waals surface area contributed by atoms with Gasteiger partial charge in [0.2, 0.25) is 19.5 Å². The van der Waals surface area contributed by atoms with Crippen molar-refractivity contribution in [2.24, 2.45) is 0 Å². The second-order valence-electron chi connectivity index (χ2n) is 8.79. The largest absolute Gasteiger partial charge is 0.510 e. The van der Waals surface area contributed by atoms with Crippen molar-refractivity contribution in [1.29, 1.82) is 0 Å². The zero-order chi connectivity index (χ0) is 30.0. The van der Waals surface area contributed by atoms with Gasteiger partial charge in [-0.1, -0.05) is 6.07 Å². The van der Waals surface area contributed by atoms with E-state index in [1.807, 2.05) is 0 Å². The van der Waals surface area contributed by atoms with Crippen LogP contribution in [0.15, 0.2) is 42.6 Å². The van der Waals surface area contributed by atoms with Crippen LogP contribution in [0.2, 0.25) is 0 Å². The number of aromatic nitrogens is 2. The standard InChI is InChI=1S/C26H30FN2O11P/c1-16(2)38-25(30)34-14-36-41(32,37-15-35-26(31)39-17(3)4)13-18-6-8-22(20(27)12-18)40-21-10-11-28-24-19(21)7-9-23(29-24)33-5/h6-12,16-17H,13-15H2,1-5H3. The smallest absolute Gasteiger partial charge is 0.481 e. The van der Waals surface area contributed by atoms with Crippen LogP contribution in [0.1, 0.15) is 33.3 Å². The molecule has 2 aromatic heterocycles. The van der Waals surface area contributed by atoms with E-state index in [2.05, 4.69) is 9.97 Å². The van der Waals surface area contributed by atoms with Gasteiger partial charge in [0.25, 0.3) is 0 Å². The van der Waals surface area contributed by atoms with E-state index in [1.165, 1.54) is 25.4 Å². The summed E-state index contributed by atoms with van der Waals surface area (Å²) in [6.45, 7) is 4.81. The number of hydrogen-bond donors (Lipinski definition) is 0. The number of halogens is 1. The highest BCUT2D eigenvalue weighted by Crippen LogP contribution is 2.51. The lowest BCUT2D eigenvalue weighted by Gasteiger charge is -2.19. The van der Waals surface area contributed by atoms with Gasteiger partial charge in [-0.15, -0.1) is 0 Å². The Balaban J connectivity index is 1.73. The van der Waals surface area contributed by atoms with Crippen LogP contribution in [0.3, 0.4) is 0 Å². The van der Waals surface area contributed by atoms with E-state index in [-0.39, 0.29) is 11.3 Å². The van der Waals surface area contributed by atoms with Gasteiger partial charge in [0.1, 0.15) is 5.75 Å². The van der Waals surface area contributed by atoms with E-state index in [9.17, 15) is 14.2 Å². The number of nitrogens with zero attached hydrogens (tertiary/aromatic N) is 2. The molecule has 0 saturated heterocycles. The summed E-state index contributed by atoms with van der Waals surface area (Å²) in [5, 5.41) is 0.523. The molecule has 0 amide bonds. The van der Waals surface area contributed by atoms with E-state index in [4.69, 9.17) is 37.5 Å². The first kappa shape index (κ1) is 31.5. The first-order valence-corrected chi connectivity index (χ1v) is 14.0. The molecule has 0 aliphatic rings. The SMILES string of the molecule is COc1ccc2c(Oc3ccc(CP(=O)(OCOC(=O)OC(C)C)OCOC(=O)OC(C)C)cc3F)ccnc2n1. The Bertz CT molecular complexity index is 1370. The number of ether oxygens (including phenoxy) is 6. The van der Waals surface area contributed by atoms with Crippen LogP contribution in [0.4, 0.5) is 14.0 Å². The van der Waals surface area contributed by atoms with Crippen LogP contribution in [0, 0.1) is 5.82 Å². The molecule has 0 unspecified atom stereocenters. The Morgan fingerprint density at radius 1 is 0.902 bits per heavy atom. The molecule has 3 aromatic rings. The van der Waals surface area contributed by atoms with Gasteiger partial charge in [0, 0.05) is 12.3 Å². The third-order valence-corrected chi connectivity index (χ3v) is 6.61. The molecule has 0 radical (unpaired) electrons. The monoisotopic (exact) mass is 596 g/mol. The molecule has 13 nitrogen and oxygen atoms in total.